The van der Waals surface area contributed by atoms with E-state index in [4.69, 9.17) is 9.90 Å². The molecule has 2 N–H and O–H groups in total. The summed E-state index contributed by atoms with van der Waals surface area (Å²) in [5.74, 6) is 0.0732. The first-order valence-electron chi connectivity index (χ1n) is 7.15. The van der Waals surface area contributed by atoms with E-state index in [9.17, 15) is 26.3 Å². The standard InChI is InChI=1S/C14H15F6N.CH2O2/c15-13(16,17)11-2-1-10(12(8-11)14(18,19)20)7-9-3-5-21-6-4-9;2-1-3/h1-2,8-9,21H,3-7H2;1H,(H,2,3). The summed E-state index contributed by atoms with van der Waals surface area (Å²) in [4.78, 5) is 8.36. The molecule has 0 amide bonds. The average Bonchev–Trinajstić information content (AvgIpc) is 2.47. The Balaban J connectivity index is 0.000000891. The van der Waals surface area contributed by atoms with Crippen molar-refractivity contribution in [3.63, 3.8) is 0 Å². The van der Waals surface area contributed by atoms with Crippen LogP contribution in [-0.4, -0.2) is 24.7 Å². The number of hydrogen-bond donors (Lipinski definition) is 2. The predicted molar refractivity (Wildman–Crippen MR) is 74.4 cm³/mol. The summed E-state index contributed by atoms with van der Waals surface area (Å²) >= 11 is 0. The lowest BCUT2D eigenvalue weighted by Crippen LogP contribution is -2.29. The highest BCUT2D eigenvalue weighted by Gasteiger charge is 2.38. The second-order valence-electron chi connectivity index (χ2n) is 5.37. The smallest absolute Gasteiger partial charge is 0.416 e. The van der Waals surface area contributed by atoms with Gasteiger partial charge < -0.3 is 10.4 Å². The van der Waals surface area contributed by atoms with Crippen LogP contribution in [0.3, 0.4) is 0 Å². The Morgan fingerprint density at radius 2 is 1.62 bits per heavy atom. The number of halogens is 6. The van der Waals surface area contributed by atoms with Gasteiger partial charge in [-0.05, 0) is 56.0 Å². The molecule has 1 heterocycles. The minimum atomic E-state index is -4.77. The van der Waals surface area contributed by atoms with Crippen LogP contribution >= 0.6 is 0 Å². The summed E-state index contributed by atoms with van der Waals surface area (Å²) < 4.78 is 76.7. The van der Waals surface area contributed by atoms with E-state index in [0.717, 1.165) is 38.1 Å². The Labute approximate surface area is 134 Å². The number of nitrogens with one attached hydrogen (secondary N) is 1. The van der Waals surface area contributed by atoms with E-state index in [1.165, 1.54) is 0 Å². The molecule has 0 spiro atoms. The highest BCUT2D eigenvalue weighted by atomic mass is 19.4. The van der Waals surface area contributed by atoms with Crippen LogP contribution in [0.15, 0.2) is 18.2 Å². The topological polar surface area (TPSA) is 49.3 Å². The second kappa shape index (κ2) is 8.36. The molecule has 0 radical (unpaired) electrons. The van der Waals surface area contributed by atoms with Gasteiger partial charge in [0.2, 0.25) is 0 Å². The van der Waals surface area contributed by atoms with E-state index in [1.54, 1.807) is 0 Å². The van der Waals surface area contributed by atoms with Crippen molar-refractivity contribution in [1.82, 2.24) is 5.32 Å². The van der Waals surface area contributed by atoms with Crippen molar-refractivity contribution >= 4 is 6.47 Å². The fourth-order valence-corrected chi connectivity index (χ4v) is 2.59. The van der Waals surface area contributed by atoms with Gasteiger partial charge in [-0.3, -0.25) is 4.79 Å². The number of carboxylic acid groups (broad SMARTS) is 1. The normalized spacial score (nSPS) is 16.2. The molecule has 1 saturated heterocycles. The molecular weight excluding hydrogens is 340 g/mol. The maximum atomic E-state index is 13.0. The molecule has 0 aliphatic carbocycles. The third-order valence-corrected chi connectivity index (χ3v) is 3.71. The van der Waals surface area contributed by atoms with Crippen LogP contribution in [0.1, 0.15) is 29.5 Å². The Bertz CT molecular complexity index is 536. The minimum Gasteiger partial charge on any atom is -0.483 e. The average molecular weight is 357 g/mol. The predicted octanol–water partition coefficient (Wildman–Crippen LogP) is 3.97. The molecule has 0 atom stereocenters. The van der Waals surface area contributed by atoms with E-state index in [2.05, 4.69) is 5.32 Å². The zero-order valence-corrected chi connectivity index (χ0v) is 12.5. The zero-order valence-electron chi connectivity index (χ0n) is 12.5. The first kappa shape index (κ1) is 20.3. The summed E-state index contributed by atoms with van der Waals surface area (Å²) in [6.45, 7) is 1.21. The minimum absolute atomic E-state index is 0.0533. The first-order chi connectivity index (χ1) is 11.1. The number of hydrogen-bond acceptors (Lipinski definition) is 2. The van der Waals surface area contributed by atoms with E-state index in [-0.39, 0.29) is 30.4 Å². The van der Waals surface area contributed by atoms with Crippen LogP contribution in [0, 0.1) is 5.92 Å². The summed E-state index contributed by atoms with van der Waals surface area (Å²) in [5.41, 5.74) is -2.48. The Kier molecular flexibility index (Phi) is 7.07. The van der Waals surface area contributed by atoms with Crippen LogP contribution in [0.4, 0.5) is 26.3 Å². The van der Waals surface area contributed by atoms with Crippen molar-refractivity contribution in [2.75, 3.05) is 13.1 Å². The molecular formula is C15H17F6NO2. The third kappa shape index (κ3) is 6.03. The van der Waals surface area contributed by atoms with Gasteiger partial charge in [-0.1, -0.05) is 6.07 Å². The lowest BCUT2D eigenvalue weighted by atomic mass is 9.88. The lowest BCUT2D eigenvalue weighted by Gasteiger charge is -2.24. The Hall–Kier alpha value is -1.77. The van der Waals surface area contributed by atoms with Crippen LogP contribution in [-0.2, 0) is 23.6 Å². The molecule has 3 nitrogen and oxygen atoms in total. The van der Waals surface area contributed by atoms with Crippen molar-refractivity contribution in [3.05, 3.63) is 34.9 Å². The van der Waals surface area contributed by atoms with Crippen LogP contribution < -0.4 is 5.32 Å². The number of piperidine rings is 1. The van der Waals surface area contributed by atoms with Gasteiger partial charge in [0, 0.05) is 0 Å². The molecule has 0 unspecified atom stereocenters. The first-order valence-corrected chi connectivity index (χ1v) is 7.15. The Morgan fingerprint density at radius 1 is 1.08 bits per heavy atom. The van der Waals surface area contributed by atoms with Crippen molar-refractivity contribution < 1.29 is 36.2 Å². The highest BCUT2D eigenvalue weighted by Crippen LogP contribution is 2.38. The van der Waals surface area contributed by atoms with E-state index < -0.39 is 23.5 Å². The molecule has 1 aliphatic rings. The number of carbonyl (C=O) groups is 1. The summed E-state index contributed by atoms with van der Waals surface area (Å²) in [5, 5.41) is 9.99. The summed E-state index contributed by atoms with van der Waals surface area (Å²) in [7, 11) is 0. The van der Waals surface area contributed by atoms with Gasteiger partial charge in [0.05, 0.1) is 11.1 Å². The molecule has 0 aromatic heterocycles. The van der Waals surface area contributed by atoms with Gasteiger partial charge in [-0.25, -0.2) is 0 Å². The van der Waals surface area contributed by atoms with Gasteiger partial charge in [-0.15, -0.1) is 0 Å². The molecule has 1 aliphatic heterocycles. The maximum Gasteiger partial charge on any atom is 0.416 e. The van der Waals surface area contributed by atoms with Crippen molar-refractivity contribution in [3.8, 4) is 0 Å². The van der Waals surface area contributed by atoms with E-state index in [0.29, 0.717) is 0 Å². The van der Waals surface area contributed by atoms with Crippen LogP contribution in [0.2, 0.25) is 0 Å². The van der Waals surface area contributed by atoms with Gasteiger partial charge in [0.15, 0.2) is 0 Å². The molecule has 0 bridgehead atoms. The number of rotatable bonds is 2. The third-order valence-electron chi connectivity index (χ3n) is 3.71. The van der Waals surface area contributed by atoms with E-state index in [1.807, 2.05) is 0 Å². The second-order valence-corrected chi connectivity index (χ2v) is 5.37. The molecule has 0 saturated carbocycles. The van der Waals surface area contributed by atoms with Crippen molar-refractivity contribution in [1.29, 1.82) is 0 Å². The van der Waals surface area contributed by atoms with Crippen LogP contribution in [0.25, 0.3) is 0 Å². The lowest BCUT2D eigenvalue weighted by molar-refractivity contribution is -0.143. The zero-order chi connectivity index (χ0) is 18.4. The van der Waals surface area contributed by atoms with E-state index >= 15 is 0 Å². The number of benzene rings is 1. The van der Waals surface area contributed by atoms with Crippen molar-refractivity contribution in [2.24, 2.45) is 5.92 Å². The molecule has 2 rings (SSSR count). The van der Waals surface area contributed by atoms with Gasteiger partial charge in [0.25, 0.3) is 6.47 Å². The Morgan fingerprint density at radius 3 is 2.08 bits per heavy atom. The summed E-state index contributed by atoms with van der Waals surface area (Å²) in [6, 6.07) is 1.91. The van der Waals surface area contributed by atoms with Gasteiger partial charge in [-0.2, -0.15) is 26.3 Å². The van der Waals surface area contributed by atoms with Gasteiger partial charge >= 0.3 is 12.4 Å². The largest absolute Gasteiger partial charge is 0.483 e. The molecule has 24 heavy (non-hydrogen) atoms. The van der Waals surface area contributed by atoms with Gasteiger partial charge in [0.1, 0.15) is 0 Å². The monoisotopic (exact) mass is 357 g/mol. The van der Waals surface area contributed by atoms with Crippen LogP contribution in [0.5, 0.6) is 0 Å². The molecule has 136 valence electrons. The maximum absolute atomic E-state index is 13.0. The molecule has 1 aromatic carbocycles. The summed E-state index contributed by atoms with van der Waals surface area (Å²) in [6.07, 6.45) is -7.91. The fourth-order valence-electron chi connectivity index (χ4n) is 2.59. The van der Waals surface area contributed by atoms with Crippen molar-refractivity contribution in [2.45, 2.75) is 31.6 Å². The highest BCUT2D eigenvalue weighted by molar-refractivity contribution is 5.36. The molecule has 1 aromatic rings. The molecule has 1 fully saturated rings. The quantitative estimate of drug-likeness (QED) is 0.622. The SMILES string of the molecule is FC(F)(F)c1ccc(CC2CCNCC2)c(C(F)(F)F)c1.O=CO. The fraction of sp³-hybridized carbons (Fsp3) is 0.533. The molecule has 9 heteroatoms. The number of alkyl halides is 6.